The smallest absolute Gasteiger partial charge is 0.340 e. The minimum atomic E-state index is -0.635. The molecule has 0 spiro atoms. The number of nitrogens with one attached hydrogen (secondary N) is 1. The fraction of sp³-hybridized carbons (Fsp3) is 0.471. The lowest BCUT2D eigenvalue weighted by atomic mass is 10.0. The molecule has 1 aromatic heterocycles. The van der Waals surface area contributed by atoms with Crippen molar-refractivity contribution in [2.45, 2.75) is 43.9 Å². The number of carbonyl (C=O) groups is 1. The quantitative estimate of drug-likeness (QED) is 0.864. The van der Waals surface area contributed by atoms with E-state index in [9.17, 15) is 4.79 Å². The molecule has 2 aliphatic rings. The predicted molar refractivity (Wildman–Crippen MR) is 81.3 cm³/mol. The molecule has 0 aliphatic carbocycles. The molecule has 2 bridgehead atoms. The molecule has 1 N–H and O–H groups in total. The number of H-pyrrole nitrogens is 1. The lowest BCUT2D eigenvalue weighted by Gasteiger charge is -2.35. The van der Waals surface area contributed by atoms with Crippen molar-refractivity contribution in [2.75, 3.05) is 7.05 Å². The van der Waals surface area contributed by atoms with E-state index in [0.717, 1.165) is 25.7 Å². The van der Waals surface area contributed by atoms with Crippen molar-refractivity contribution in [3.05, 3.63) is 35.9 Å². The molecule has 21 heavy (non-hydrogen) atoms. The van der Waals surface area contributed by atoms with Crippen LogP contribution < -0.4 is 0 Å². The van der Waals surface area contributed by atoms with Crippen LogP contribution in [0.4, 0.5) is 0 Å². The first-order chi connectivity index (χ1) is 11.9. The zero-order chi connectivity index (χ0) is 17.9. The third kappa shape index (κ3) is 2.14. The van der Waals surface area contributed by atoms with Crippen molar-refractivity contribution < 1.29 is 15.0 Å². The van der Waals surface area contributed by atoms with Crippen molar-refractivity contribution in [1.29, 1.82) is 0 Å². The van der Waals surface area contributed by atoms with Crippen LogP contribution in [-0.2, 0) is 4.74 Å². The number of rotatable bonds is 2. The minimum absolute atomic E-state index is 0.000820. The van der Waals surface area contributed by atoms with E-state index in [1.165, 1.54) is 6.07 Å². The van der Waals surface area contributed by atoms with E-state index >= 15 is 0 Å². The second-order valence-corrected chi connectivity index (χ2v) is 5.98. The van der Waals surface area contributed by atoms with Crippen LogP contribution in [0, 0.1) is 0 Å². The lowest BCUT2D eigenvalue weighted by Crippen LogP contribution is -2.43. The molecule has 4 heteroatoms. The average Bonchev–Trinajstić information content (AvgIpc) is 2.98. The molecule has 0 amide bonds. The number of nitrogens with zero attached hydrogens (tertiary/aromatic N) is 1. The number of aromatic nitrogens is 1. The fourth-order valence-corrected chi connectivity index (χ4v) is 3.65. The number of benzene rings is 1. The monoisotopic (exact) mass is 288 g/mol. The summed E-state index contributed by atoms with van der Waals surface area (Å²) in [5.41, 5.74) is 0.204. The highest BCUT2D eigenvalue weighted by atomic mass is 16.5. The van der Waals surface area contributed by atoms with Crippen molar-refractivity contribution >= 4 is 16.9 Å². The Morgan fingerprint density at radius 1 is 1.38 bits per heavy atom. The Labute approximate surface area is 129 Å². The highest BCUT2D eigenvalue weighted by molar-refractivity contribution is 6.04. The topological polar surface area (TPSA) is 45.3 Å². The Kier molecular flexibility index (Phi) is 2.15. The molecule has 2 unspecified atom stereocenters. The van der Waals surface area contributed by atoms with Crippen LogP contribution in [0.5, 0.6) is 0 Å². The summed E-state index contributed by atoms with van der Waals surface area (Å²) in [6, 6.07) is 1.81. The summed E-state index contributed by atoms with van der Waals surface area (Å²) >= 11 is 0. The summed E-state index contributed by atoms with van der Waals surface area (Å²) in [4.78, 5) is 17.8. The summed E-state index contributed by atoms with van der Waals surface area (Å²) in [6.07, 6.45) is 3.46. The summed E-state index contributed by atoms with van der Waals surface area (Å²) in [6.45, 7) is 0. The maximum Gasteiger partial charge on any atom is 0.340 e. The number of hydrogen-bond acceptors (Lipinski definition) is 3. The van der Waals surface area contributed by atoms with Crippen LogP contribution in [-0.4, -0.2) is 41.1 Å². The van der Waals surface area contributed by atoms with E-state index in [-0.39, 0.29) is 46.9 Å². The first-order valence-corrected chi connectivity index (χ1v) is 7.38. The summed E-state index contributed by atoms with van der Waals surface area (Å²) in [5.74, 6) is -0.635. The molecule has 4 nitrogen and oxygen atoms in total. The summed E-state index contributed by atoms with van der Waals surface area (Å²) < 4.78 is 37.5. The summed E-state index contributed by atoms with van der Waals surface area (Å²) in [5, 5.41) is 0.142. The number of piperidine rings is 1. The maximum absolute atomic E-state index is 12.7. The molecule has 1 aromatic carbocycles. The number of ether oxygens (including phenoxy) is 1. The molecular formula is C17H20N2O2. The van der Waals surface area contributed by atoms with Gasteiger partial charge in [-0.2, -0.15) is 0 Å². The Balaban J connectivity index is 1.66. The largest absolute Gasteiger partial charge is 0.459 e. The van der Waals surface area contributed by atoms with Crippen LogP contribution in [0.25, 0.3) is 10.9 Å². The van der Waals surface area contributed by atoms with Crippen LogP contribution in [0.2, 0.25) is 0 Å². The molecule has 4 rings (SSSR count). The Morgan fingerprint density at radius 3 is 2.90 bits per heavy atom. The number of aromatic amines is 1. The molecule has 2 fully saturated rings. The lowest BCUT2D eigenvalue weighted by molar-refractivity contribution is -0.000258. The second-order valence-electron chi connectivity index (χ2n) is 5.98. The zero-order valence-electron chi connectivity index (χ0n) is 15.9. The van der Waals surface area contributed by atoms with Crippen molar-refractivity contribution in [2.24, 2.45) is 0 Å². The third-order valence-corrected chi connectivity index (χ3v) is 4.83. The Morgan fingerprint density at radius 2 is 2.14 bits per heavy atom. The van der Waals surface area contributed by atoms with Gasteiger partial charge in [0.1, 0.15) is 6.10 Å². The maximum atomic E-state index is 12.7. The molecule has 2 saturated heterocycles. The van der Waals surface area contributed by atoms with E-state index in [2.05, 4.69) is 16.9 Å². The van der Waals surface area contributed by atoms with Gasteiger partial charge >= 0.3 is 5.97 Å². The number of carbonyl (C=O) groups excluding carboxylic acids is 1. The van der Waals surface area contributed by atoms with E-state index in [1.807, 2.05) is 0 Å². The van der Waals surface area contributed by atoms with E-state index in [4.69, 9.17) is 10.2 Å². The molecule has 2 aromatic rings. The molecule has 2 atom stereocenters. The van der Waals surface area contributed by atoms with Crippen molar-refractivity contribution in [1.82, 2.24) is 9.88 Å². The molecule has 0 radical (unpaired) electrons. The predicted octanol–water partition coefficient (Wildman–Crippen LogP) is 2.95. The van der Waals surface area contributed by atoms with Gasteiger partial charge in [0.2, 0.25) is 0 Å². The Bertz CT molecular complexity index is 852. The van der Waals surface area contributed by atoms with Gasteiger partial charge in [0.15, 0.2) is 0 Å². The highest BCUT2D eigenvalue weighted by Crippen LogP contribution is 2.35. The standard InChI is InChI=1S/C17H20N2O2/c1-19-11-6-7-12(19)9-13(8-11)21-17(20)15-10-18-16-5-3-2-4-14(15)16/h2-5,10-13,18H,6-9H2,1H3/i2D,4D,5D,10D. The second kappa shape index (κ2) is 4.88. The van der Waals surface area contributed by atoms with Gasteiger partial charge in [-0.25, -0.2) is 4.79 Å². The van der Waals surface area contributed by atoms with Crippen LogP contribution in [0.3, 0.4) is 0 Å². The van der Waals surface area contributed by atoms with Gasteiger partial charge in [-0.15, -0.1) is 0 Å². The normalized spacial score (nSPS) is 31.6. The van der Waals surface area contributed by atoms with Gasteiger partial charge in [0.25, 0.3) is 0 Å². The third-order valence-electron chi connectivity index (χ3n) is 4.83. The van der Waals surface area contributed by atoms with E-state index in [1.54, 1.807) is 0 Å². The summed E-state index contributed by atoms with van der Waals surface area (Å²) in [7, 11) is 2.11. The number of para-hydroxylation sites is 1. The van der Waals surface area contributed by atoms with Gasteiger partial charge in [0, 0.05) is 42.0 Å². The first-order valence-electron chi connectivity index (χ1n) is 9.38. The fourth-order valence-electron chi connectivity index (χ4n) is 3.65. The molecule has 3 heterocycles. The van der Waals surface area contributed by atoms with Crippen LogP contribution in [0.15, 0.2) is 30.4 Å². The zero-order valence-corrected chi connectivity index (χ0v) is 11.9. The number of hydrogen-bond donors (Lipinski definition) is 1. The first kappa shape index (κ1) is 9.26. The van der Waals surface area contributed by atoms with Gasteiger partial charge in [-0.1, -0.05) is 18.2 Å². The van der Waals surface area contributed by atoms with Gasteiger partial charge in [-0.05, 0) is 25.9 Å². The van der Waals surface area contributed by atoms with E-state index in [0.29, 0.717) is 12.1 Å². The number of esters is 1. The van der Waals surface area contributed by atoms with Gasteiger partial charge in [-0.3, -0.25) is 0 Å². The molecule has 2 aliphatic heterocycles. The highest BCUT2D eigenvalue weighted by Gasteiger charge is 2.40. The van der Waals surface area contributed by atoms with Crippen molar-refractivity contribution in [3.63, 3.8) is 0 Å². The average molecular weight is 288 g/mol. The molecular weight excluding hydrogens is 264 g/mol. The van der Waals surface area contributed by atoms with Gasteiger partial charge < -0.3 is 14.6 Å². The van der Waals surface area contributed by atoms with Crippen LogP contribution in [0.1, 0.15) is 41.5 Å². The van der Waals surface area contributed by atoms with E-state index < -0.39 is 5.97 Å². The SMILES string of the molecule is [2H]c1cc([2H])c2[nH]c([2H])c(C(=O)OC3CC4CCC(C3)N4C)c2c1[2H]. The van der Waals surface area contributed by atoms with Crippen molar-refractivity contribution in [3.8, 4) is 0 Å². The molecule has 110 valence electrons. The minimum Gasteiger partial charge on any atom is -0.459 e. The molecule has 0 saturated carbocycles. The van der Waals surface area contributed by atoms with Gasteiger partial charge in [0.05, 0.1) is 11.0 Å². The Hall–Kier alpha value is -1.81. The number of fused-ring (bicyclic) bond motifs is 3. The van der Waals surface area contributed by atoms with Crippen LogP contribution >= 0.6 is 0 Å².